The highest BCUT2D eigenvalue weighted by Crippen LogP contribution is 2.32. The van der Waals surface area contributed by atoms with Gasteiger partial charge in [0.2, 0.25) is 10.0 Å². The molecule has 0 bridgehead atoms. The summed E-state index contributed by atoms with van der Waals surface area (Å²) in [4.78, 5) is 0.162. The minimum atomic E-state index is -3.63. The van der Waals surface area contributed by atoms with E-state index >= 15 is 0 Å². The molecule has 0 aromatic heterocycles. The molecule has 0 aliphatic heterocycles. The molecule has 0 heterocycles. The lowest BCUT2D eigenvalue weighted by Gasteiger charge is -2.12. The van der Waals surface area contributed by atoms with Crippen molar-refractivity contribution in [2.45, 2.75) is 30.9 Å². The van der Waals surface area contributed by atoms with Crippen LogP contribution in [0.1, 0.15) is 18.4 Å². The molecule has 94 valence electrons. The highest BCUT2D eigenvalue weighted by molar-refractivity contribution is 9.10. The SMILES string of the molecule is Cc1ccc(S(=O)(=O)NC(O)C2CC2)cc1Br. The molecule has 4 nitrogen and oxygen atoms in total. The summed E-state index contributed by atoms with van der Waals surface area (Å²) in [5.41, 5.74) is 0.965. The molecule has 0 radical (unpaired) electrons. The topological polar surface area (TPSA) is 66.4 Å². The van der Waals surface area contributed by atoms with Crippen molar-refractivity contribution in [3.63, 3.8) is 0 Å². The predicted molar refractivity (Wildman–Crippen MR) is 67.9 cm³/mol. The van der Waals surface area contributed by atoms with Crippen LogP contribution in [0, 0.1) is 12.8 Å². The quantitative estimate of drug-likeness (QED) is 0.831. The summed E-state index contributed by atoms with van der Waals surface area (Å²) in [6, 6.07) is 4.79. The van der Waals surface area contributed by atoms with Crippen LogP contribution in [0.5, 0.6) is 0 Å². The number of aliphatic hydroxyl groups excluding tert-OH is 1. The van der Waals surface area contributed by atoms with Crippen LogP contribution in [0.3, 0.4) is 0 Å². The van der Waals surface area contributed by atoms with Gasteiger partial charge in [-0.1, -0.05) is 22.0 Å². The summed E-state index contributed by atoms with van der Waals surface area (Å²) >= 11 is 3.29. The van der Waals surface area contributed by atoms with E-state index in [1.807, 2.05) is 6.92 Å². The number of aliphatic hydroxyl groups is 1. The molecule has 2 rings (SSSR count). The zero-order valence-electron chi connectivity index (χ0n) is 9.35. The number of hydrogen-bond donors (Lipinski definition) is 2. The molecule has 1 atom stereocenters. The summed E-state index contributed by atoms with van der Waals surface area (Å²) < 4.78 is 26.9. The molecule has 0 amide bonds. The fourth-order valence-corrected chi connectivity index (χ4v) is 3.17. The van der Waals surface area contributed by atoms with E-state index in [9.17, 15) is 13.5 Å². The van der Waals surface area contributed by atoms with Crippen LogP contribution in [-0.2, 0) is 10.0 Å². The molecule has 1 saturated carbocycles. The maximum atomic E-state index is 11.9. The summed E-state index contributed by atoms with van der Waals surface area (Å²) in [5, 5.41) is 9.61. The summed E-state index contributed by atoms with van der Waals surface area (Å²) in [5.74, 6) is 0.0682. The van der Waals surface area contributed by atoms with Gasteiger partial charge < -0.3 is 5.11 Å². The first-order valence-electron chi connectivity index (χ1n) is 5.37. The highest BCUT2D eigenvalue weighted by Gasteiger charge is 2.32. The molecule has 1 aliphatic carbocycles. The summed E-state index contributed by atoms with van der Waals surface area (Å²) in [6.07, 6.45) is 0.780. The average molecular weight is 320 g/mol. The molecule has 0 spiro atoms. The molecule has 0 saturated heterocycles. The van der Waals surface area contributed by atoms with Gasteiger partial charge in [0.25, 0.3) is 0 Å². The molecule has 1 aliphatic rings. The maximum absolute atomic E-state index is 11.9. The third-order valence-electron chi connectivity index (χ3n) is 2.80. The standard InChI is InChI=1S/C11H14BrNO3S/c1-7-2-5-9(6-10(7)12)17(15,16)13-11(14)8-3-4-8/h2,5-6,8,11,13-14H,3-4H2,1H3. The largest absolute Gasteiger partial charge is 0.377 e. The van der Waals surface area contributed by atoms with E-state index < -0.39 is 16.3 Å². The van der Waals surface area contributed by atoms with E-state index in [4.69, 9.17) is 0 Å². The highest BCUT2D eigenvalue weighted by atomic mass is 79.9. The van der Waals surface area contributed by atoms with Gasteiger partial charge in [0.05, 0.1) is 4.90 Å². The first-order valence-corrected chi connectivity index (χ1v) is 7.64. The fraction of sp³-hybridized carbons (Fsp3) is 0.455. The zero-order valence-corrected chi connectivity index (χ0v) is 11.8. The van der Waals surface area contributed by atoms with Crippen molar-refractivity contribution >= 4 is 26.0 Å². The lowest BCUT2D eigenvalue weighted by molar-refractivity contribution is 0.140. The smallest absolute Gasteiger partial charge is 0.242 e. The second-order valence-corrected chi connectivity index (χ2v) is 6.88. The Bertz CT molecular complexity index is 526. The van der Waals surface area contributed by atoms with Crippen LogP contribution in [-0.4, -0.2) is 19.8 Å². The summed E-state index contributed by atoms with van der Waals surface area (Å²) in [6.45, 7) is 1.88. The Morgan fingerprint density at radius 2 is 2.12 bits per heavy atom. The van der Waals surface area contributed by atoms with E-state index in [1.165, 1.54) is 12.1 Å². The second kappa shape index (κ2) is 4.68. The van der Waals surface area contributed by atoms with Crippen molar-refractivity contribution in [1.82, 2.24) is 4.72 Å². The van der Waals surface area contributed by atoms with Crippen LogP contribution in [0.4, 0.5) is 0 Å². The number of rotatable bonds is 4. The van der Waals surface area contributed by atoms with Gasteiger partial charge in [-0.2, -0.15) is 4.72 Å². The molecular weight excluding hydrogens is 306 g/mol. The van der Waals surface area contributed by atoms with E-state index in [-0.39, 0.29) is 10.8 Å². The number of sulfonamides is 1. The van der Waals surface area contributed by atoms with Gasteiger partial charge >= 0.3 is 0 Å². The molecule has 17 heavy (non-hydrogen) atoms. The van der Waals surface area contributed by atoms with Crippen LogP contribution in [0.15, 0.2) is 27.6 Å². The van der Waals surface area contributed by atoms with Gasteiger partial charge in [0.1, 0.15) is 6.23 Å². The van der Waals surface area contributed by atoms with E-state index in [1.54, 1.807) is 6.07 Å². The second-order valence-electron chi connectivity index (χ2n) is 4.31. The summed E-state index contributed by atoms with van der Waals surface area (Å²) in [7, 11) is -3.63. The normalized spacial score (nSPS) is 18.1. The van der Waals surface area contributed by atoms with Crippen LogP contribution in [0.25, 0.3) is 0 Å². The first kappa shape index (κ1) is 13.0. The number of halogens is 1. The predicted octanol–water partition coefficient (Wildman–Crippen LogP) is 1.76. The van der Waals surface area contributed by atoms with Crippen molar-refractivity contribution in [2.24, 2.45) is 5.92 Å². The molecule has 1 aromatic carbocycles. The minimum Gasteiger partial charge on any atom is -0.377 e. The number of aryl methyl sites for hydroxylation is 1. The first-order chi connectivity index (χ1) is 7.90. The number of nitrogens with one attached hydrogen (secondary N) is 1. The van der Waals surface area contributed by atoms with E-state index in [0.717, 1.165) is 22.9 Å². The Hall–Kier alpha value is -0.430. The van der Waals surface area contributed by atoms with Gasteiger partial charge in [0, 0.05) is 4.47 Å². The molecule has 1 fully saturated rings. The van der Waals surface area contributed by atoms with Crippen molar-refractivity contribution in [2.75, 3.05) is 0 Å². The Morgan fingerprint density at radius 1 is 1.47 bits per heavy atom. The molecule has 2 N–H and O–H groups in total. The van der Waals surface area contributed by atoms with Gasteiger partial charge in [-0.15, -0.1) is 0 Å². The van der Waals surface area contributed by atoms with Gasteiger partial charge in [-0.05, 0) is 43.4 Å². The average Bonchev–Trinajstić information content (AvgIpc) is 3.04. The molecule has 1 unspecified atom stereocenters. The number of hydrogen-bond acceptors (Lipinski definition) is 3. The van der Waals surface area contributed by atoms with Crippen LogP contribution < -0.4 is 4.72 Å². The Kier molecular flexibility index (Phi) is 3.58. The lowest BCUT2D eigenvalue weighted by Crippen LogP contribution is -2.36. The molecule has 1 aromatic rings. The van der Waals surface area contributed by atoms with Crippen LogP contribution in [0.2, 0.25) is 0 Å². The van der Waals surface area contributed by atoms with Crippen molar-refractivity contribution in [1.29, 1.82) is 0 Å². The van der Waals surface area contributed by atoms with Gasteiger partial charge in [0.15, 0.2) is 0 Å². The Morgan fingerprint density at radius 3 is 2.65 bits per heavy atom. The van der Waals surface area contributed by atoms with Gasteiger partial charge in [-0.25, -0.2) is 8.42 Å². The van der Waals surface area contributed by atoms with Crippen LogP contribution >= 0.6 is 15.9 Å². The van der Waals surface area contributed by atoms with E-state index in [0.29, 0.717) is 0 Å². The fourth-order valence-electron chi connectivity index (χ4n) is 1.48. The maximum Gasteiger partial charge on any atom is 0.242 e. The Labute approximate surface area is 109 Å². The van der Waals surface area contributed by atoms with E-state index in [2.05, 4.69) is 20.7 Å². The Balaban J connectivity index is 2.21. The van der Waals surface area contributed by atoms with Gasteiger partial charge in [-0.3, -0.25) is 0 Å². The third kappa shape index (κ3) is 3.07. The molecular formula is C11H14BrNO3S. The number of benzene rings is 1. The monoisotopic (exact) mass is 319 g/mol. The van der Waals surface area contributed by atoms with Crippen molar-refractivity contribution in [3.05, 3.63) is 28.2 Å². The molecule has 6 heteroatoms. The zero-order chi connectivity index (χ0) is 12.6. The minimum absolute atomic E-state index is 0.0682. The van der Waals surface area contributed by atoms with Crippen molar-refractivity contribution < 1.29 is 13.5 Å². The lowest BCUT2D eigenvalue weighted by atomic mass is 10.2. The van der Waals surface area contributed by atoms with Crippen molar-refractivity contribution in [3.8, 4) is 0 Å². The third-order valence-corrected chi connectivity index (χ3v) is 5.08.